The molecule has 0 N–H and O–H groups in total. The molecule has 2 aromatic heterocycles. The molecule has 2 rings (SSSR count). The lowest BCUT2D eigenvalue weighted by atomic mass is 10.4. The summed E-state index contributed by atoms with van der Waals surface area (Å²) in [5, 5.41) is 11.8. The number of methoxy groups -OCH3 is 1. The van der Waals surface area contributed by atoms with E-state index in [2.05, 4.69) is 15.5 Å². The van der Waals surface area contributed by atoms with E-state index in [-0.39, 0.29) is 0 Å². The van der Waals surface area contributed by atoms with E-state index in [1.807, 2.05) is 19.2 Å². The fourth-order valence-electron chi connectivity index (χ4n) is 1.29. The average molecular weight is 208 g/mol. The zero-order chi connectivity index (χ0) is 10.7. The number of nitrogens with zero attached hydrogens (tertiary/aromatic N) is 4. The minimum atomic E-state index is 0.470. The van der Waals surface area contributed by atoms with Crippen LogP contribution in [0.5, 0.6) is 0 Å². The molecule has 0 radical (unpaired) electrons. The summed E-state index contributed by atoms with van der Waals surface area (Å²) in [7, 11) is 1.63. The van der Waals surface area contributed by atoms with Gasteiger partial charge in [-0.25, -0.2) is 4.68 Å². The normalized spacial score (nSPS) is 10.8. The minimum Gasteiger partial charge on any atom is -0.378 e. The molecule has 0 aromatic carbocycles. The van der Waals surface area contributed by atoms with E-state index in [1.54, 1.807) is 11.8 Å². The quantitative estimate of drug-likeness (QED) is 0.742. The number of rotatable bonds is 4. The van der Waals surface area contributed by atoms with Crippen LogP contribution >= 0.6 is 0 Å². The summed E-state index contributed by atoms with van der Waals surface area (Å²) in [5.41, 5.74) is 1.64. The molecule has 0 aliphatic rings. The van der Waals surface area contributed by atoms with Crippen molar-refractivity contribution in [2.24, 2.45) is 0 Å². The highest BCUT2D eigenvalue weighted by molar-refractivity contribution is 5.04. The van der Waals surface area contributed by atoms with Crippen molar-refractivity contribution in [2.45, 2.75) is 20.1 Å². The van der Waals surface area contributed by atoms with Gasteiger partial charge in [-0.2, -0.15) is 0 Å². The molecule has 0 aliphatic heterocycles. The molecule has 15 heavy (non-hydrogen) atoms. The number of aryl methyl sites for hydroxylation is 1. The van der Waals surface area contributed by atoms with Crippen LogP contribution in [-0.4, -0.2) is 27.3 Å². The summed E-state index contributed by atoms with van der Waals surface area (Å²) in [6.07, 6.45) is 1.83. The molecule has 0 aliphatic carbocycles. The second-order valence-electron chi connectivity index (χ2n) is 3.27. The minimum absolute atomic E-state index is 0.470. The van der Waals surface area contributed by atoms with Crippen LogP contribution in [0.3, 0.4) is 0 Å². The van der Waals surface area contributed by atoms with E-state index in [0.717, 1.165) is 17.1 Å². The summed E-state index contributed by atoms with van der Waals surface area (Å²) in [4.78, 5) is 0. The van der Waals surface area contributed by atoms with Crippen LogP contribution in [0, 0.1) is 6.92 Å². The molecule has 80 valence electrons. The first-order chi connectivity index (χ1) is 7.28. The molecule has 0 fully saturated rings. The lowest BCUT2D eigenvalue weighted by Gasteiger charge is -1.93. The molecule has 6 heteroatoms. The van der Waals surface area contributed by atoms with Crippen molar-refractivity contribution in [1.82, 2.24) is 20.2 Å². The Morgan fingerprint density at radius 3 is 3.00 bits per heavy atom. The van der Waals surface area contributed by atoms with E-state index < -0.39 is 0 Å². The van der Waals surface area contributed by atoms with Crippen LogP contribution in [0.25, 0.3) is 0 Å². The van der Waals surface area contributed by atoms with E-state index in [0.29, 0.717) is 13.2 Å². The molecule has 6 nitrogen and oxygen atoms in total. The highest BCUT2D eigenvalue weighted by atomic mass is 16.5. The molecular formula is C9H12N4O2. The molecular weight excluding hydrogens is 196 g/mol. The van der Waals surface area contributed by atoms with Gasteiger partial charge in [0.25, 0.3) is 0 Å². The number of hydrogen-bond donors (Lipinski definition) is 0. The van der Waals surface area contributed by atoms with Crippen molar-refractivity contribution in [2.75, 3.05) is 7.11 Å². The fourth-order valence-corrected chi connectivity index (χ4v) is 1.29. The largest absolute Gasteiger partial charge is 0.378 e. The van der Waals surface area contributed by atoms with Gasteiger partial charge in [-0.1, -0.05) is 10.4 Å². The molecule has 0 bridgehead atoms. The Labute approximate surface area is 86.8 Å². The zero-order valence-electron chi connectivity index (χ0n) is 8.67. The highest BCUT2D eigenvalue weighted by Gasteiger charge is 2.04. The average Bonchev–Trinajstić information content (AvgIpc) is 2.78. The third-order valence-electron chi connectivity index (χ3n) is 1.88. The molecule has 0 spiro atoms. The highest BCUT2D eigenvalue weighted by Crippen LogP contribution is 2.04. The third-order valence-corrected chi connectivity index (χ3v) is 1.88. The maximum absolute atomic E-state index is 4.95. The van der Waals surface area contributed by atoms with Gasteiger partial charge in [0.15, 0.2) is 0 Å². The van der Waals surface area contributed by atoms with Gasteiger partial charge in [-0.05, 0) is 6.92 Å². The second-order valence-corrected chi connectivity index (χ2v) is 3.27. The molecule has 0 atom stereocenters. The second kappa shape index (κ2) is 4.22. The predicted molar refractivity (Wildman–Crippen MR) is 51.1 cm³/mol. The van der Waals surface area contributed by atoms with Crippen molar-refractivity contribution >= 4 is 0 Å². The van der Waals surface area contributed by atoms with Gasteiger partial charge in [0.1, 0.15) is 17.1 Å². The Hall–Kier alpha value is -1.69. The van der Waals surface area contributed by atoms with E-state index >= 15 is 0 Å². The number of ether oxygens (including phenoxy) is 1. The van der Waals surface area contributed by atoms with Gasteiger partial charge in [-0.3, -0.25) is 0 Å². The Bertz CT molecular complexity index is 435. The molecule has 0 unspecified atom stereocenters. The first kappa shape index (κ1) is 9.85. The molecule has 0 amide bonds. The lowest BCUT2D eigenvalue weighted by Crippen LogP contribution is -2.00. The smallest absolute Gasteiger partial charge is 0.133 e. The van der Waals surface area contributed by atoms with Gasteiger partial charge in [0, 0.05) is 13.2 Å². The van der Waals surface area contributed by atoms with Gasteiger partial charge in [-0.15, -0.1) is 5.10 Å². The topological polar surface area (TPSA) is 66.0 Å². The van der Waals surface area contributed by atoms with E-state index in [1.165, 1.54) is 0 Å². The Balaban J connectivity index is 2.04. The predicted octanol–water partition coefficient (Wildman–Crippen LogP) is 0.769. The van der Waals surface area contributed by atoms with Crippen molar-refractivity contribution in [3.63, 3.8) is 0 Å². The first-order valence-corrected chi connectivity index (χ1v) is 4.58. The van der Waals surface area contributed by atoms with Gasteiger partial charge < -0.3 is 9.26 Å². The maximum atomic E-state index is 4.95. The van der Waals surface area contributed by atoms with Crippen molar-refractivity contribution in [3.8, 4) is 0 Å². The molecule has 0 saturated heterocycles. The summed E-state index contributed by atoms with van der Waals surface area (Å²) < 4.78 is 11.6. The monoisotopic (exact) mass is 208 g/mol. The standard InChI is InChI=1S/C9H12N4O2/c1-7-3-8(11-15-7)4-13-5-9(6-14-2)10-12-13/h3,5H,4,6H2,1-2H3. The summed E-state index contributed by atoms with van der Waals surface area (Å²) in [6.45, 7) is 2.89. The molecule has 2 aromatic rings. The van der Waals surface area contributed by atoms with Crippen molar-refractivity contribution < 1.29 is 9.26 Å². The van der Waals surface area contributed by atoms with Crippen molar-refractivity contribution in [3.05, 3.63) is 29.4 Å². The van der Waals surface area contributed by atoms with Crippen molar-refractivity contribution in [1.29, 1.82) is 0 Å². The third kappa shape index (κ3) is 2.41. The Morgan fingerprint density at radius 1 is 1.47 bits per heavy atom. The molecule has 2 heterocycles. The van der Waals surface area contributed by atoms with Crippen LogP contribution in [0.2, 0.25) is 0 Å². The lowest BCUT2D eigenvalue weighted by molar-refractivity contribution is 0.181. The first-order valence-electron chi connectivity index (χ1n) is 4.58. The van der Waals surface area contributed by atoms with Crippen LogP contribution in [-0.2, 0) is 17.9 Å². The van der Waals surface area contributed by atoms with Crippen LogP contribution in [0.15, 0.2) is 16.8 Å². The Kier molecular flexibility index (Phi) is 2.77. The van der Waals surface area contributed by atoms with Gasteiger partial charge in [0.05, 0.1) is 19.3 Å². The zero-order valence-corrected chi connectivity index (χ0v) is 8.67. The SMILES string of the molecule is COCc1cn(Cc2cc(C)on2)nn1. The van der Waals surface area contributed by atoms with Gasteiger partial charge >= 0.3 is 0 Å². The number of hydrogen-bond acceptors (Lipinski definition) is 5. The maximum Gasteiger partial charge on any atom is 0.133 e. The Morgan fingerprint density at radius 2 is 2.33 bits per heavy atom. The van der Waals surface area contributed by atoms with E-state index in [9.17, 15) is 0 Å². The van der Waals surface area contributed by atoms with Crippen LogP contribution < -0.4 is 0 Å². The number of aromatic nitrogens is 4. The van der Waals surface area contributed by atoms with Crippen LogP contribution in [0.4, 0.5) is 0 Å². The molecule has 0 saturated carbocycles. The summed E-state index contributed by atoms with van der Waals surface area (Å²) in [5.74, 6) is 0.794. The summed E-state index contributed by atoms with van der Waals surface area (Å²) >= 11 is 0. The summed E-state index contributed by atoms with van der Waals surface area (Å²) in [6, 6.07) is 1.87. The van der Waals surface area contributed by atoms with Gasteiger partial charge in [0.2, 0.25) is 0 Å². The fraction of sp³-hybridized carbons (Fsp3) is 0.444. The van der Waals surface area contributed by atoms with Crippen LogP contribution in [0.1, 0.15) is 17.1 Å². The van der Waals surface area contributed by atoms with E-state index in [4.69, 9.17) is 9.26 Å².